The van der Waals surface area contributed by atoms with E-state index in [2.05, 4.69) is 20.7 Å². The van der Waals surface area contributed by atoms with Crippen molar-refractivity contribution < 1.29 is 0 Å². The van der Waals surface area contributed by atoms with Crippen molar-refractivity contribution in [2.75, 3.05) is 0 Å². The Kier molecular flexibility index (Phi) is 2.52. The van der Waals surface area contributed by atoms with Gasteiger partial charge in [0, 0.05) is 24.2 Å². The van der Waals surface area contributed by atoms with Crippen LogP contribution in [0.3, 0.4) is 0 Å². The molecule has 0 aliphatic heterocycles. The molecule has 1 aliphatic rings. The van der Waals surface area contributed by atoms with Crippen LogP contribution in [-0.4, -0.2) is 16.0 Å². The van der Waals surface area contributed by atoms with Gasteiger partial charge in [0.25, 0.3) is 0 Å². The van der Waals surface area contributed by atoms with E-state index in [9.17, 15) is 0 Å². The van der Waals surface area contributed by atoms with Gasteiger partial charge in [-0.25, -0.2) is 4.98 Å². The molecular weight excluding hydrogens is 226 g/mol. The Morgan fingerprint density at radius 3 is 3.07 bits per heavy atom. The molecule has 2 heterocycles. The Bertz CT molecular complexity index is 431. The van der Waals surface area contributed by atoms with Gasteiger partial charge in [-0.15, -0.1) is 22.7 Å². The van der Waals surface area contributed by atoms with E-state index in [1.807, 2.05) is 11.7 Å². The molecule has 0 saturated heterocycles. The monoisotopic (exact) mass is 237 g/mol. The number of hydrogen-bond donors (Lipinski definition) is 1. The van der Waals surface area contributed by atoms with E-state index in [4.69, 9.17) is 0 Å². The highest BCUT2D eigenvalue weighted by molar-refractivity contribution is 7.14. The van der Waals surface area contributed by atoms with Gasteiger partial charge in [-0.2, -0.15) is 0 Å². The summed E-state index contributed by atoms with van der Waals surface area (Å²) in [5.74, 6) is 0. The van der Waals surface area contributed by atoms with Crippen molar-refractivity contribution in [2.24, 2.45) is 0 Å². The van der Waals surface area contributed by atoms with Gasteiger partial charge in [0.1, 0.15) is 5.01 Å². The standard InChI is InChI=1S/C10H11N3S2/c1-2-7(1)12-4-10-13-8(5-14-10)9-3-11-6-15-9/h3,5-7,12H,1-2,4H2. The molecule has 1 aliphatic carbocycles. The Hall–Kier alpha value is -0.780. The van der Waals surface area contributed by atoms with Gasteiger partial charge in [0.05, 0.1) is 16.1 Å². The van der Waals surface area contributed by atoms with E-state index in [0.29, 0.717) is 0 Å². The van der Waals surface area contributed by atoms with E-state index in [1.54, 1.807) is 22.7 Å². The van der Waals surface area contributed by atoms with Crippen LogP contribution in [0.25, 0.3) is 10.6 Å². The van der Waals surface area contributed by atoms with Gasteiger partial charge in [-0.1, -0.05) is 0 Å². The second kappa shape index (κ2) is 4.00. The van der Waals surface area contributed by atoms with Crippen molar-refractivity contribution >= 4 is 22.7 Å². The van der Waals surface area contributed by atoms with E-state index in [1.165, 1.54) is 17.8 Å². The van der Waals surface area contributed by atoms with Crippen molar-refractivity contribution in [1.29, 1.82) is 0 Å². The highest BCUT2D eigenvalue weighted by Crippen LogP contribution is 2.25. The topological polar surface area (TPSA) is 37.8 Å². The summed E-state index contributed by atoms with van der Waals surface area (Å²) in [7, 11) is 0. The average Bonchev–Trinajstić information content (AvgIpc) is 2.78. The third-order valence-electron chi connectivity index (χ3n) is 2.36. The molecule has 3 rings (SSSR count). The summed E-state index contributed by atoms with van der Waals surface area (Å²) in [4.78, 5) is 9.79. The molecule has 0 bridgehead atoms. The van der Waals surface area contributed by atoms with Crippen LogP contribution >= 0.6 is 22.7 Å². The van der Waals surface area contributed by atoms with Crippen LogP contribution in [0.4, 0.5) is 0 Å². The quantitative estimate of drug-likeness (QED) is 0.888. The second-order valence-electron chi connectivity index (χ2n) is 3.65. The summed E-state index contributed by atoms with van der Waals surface area (Å²) in [6, 6.07) is 0.751. The number of nitrogens with zero attached hydrogens (tertiary/aromatic N) is 2. The Morgan fingerprint density at radius 1 is 1.40 bits per heavy atom. The molecular formula is C10H11N3S2. The highest BCUT2D eigenvalue weighted by atomic mass is 32.1. The zero-order valence-electron chi connectivity index (χ0n) is 8.14. The first-order chi connectivity index (χ1) is 7.42. The molecule has 0 amide bonds. The lowest BCUT2D eigenvalue weighted by Crippen LogP contribution is -2.14. The van der Waals surface area contributed by atoms with Crippen LogP contribution in [0, 0.1) is 0 Å². The predicted molar refractivity (Wildman–Crippen MR) is 63.1 cm³/mol. The Morgan fingerprint density at radius 2 is 2.33 bits per heavy atom. The van der Waals surface area contributed by atoms with E-state index in [0.717, 1.165) is 23.2 Å². The maximum atomic E-state index is 4.58. The SMILES string of the molecule is c1ncc(-c2csc(CNC3CC3)n2)s1. The van der Waals surface area contributed by atoms with Crippen LogP contribution in [0.2, 0.25) is 0 Å². The molecule has 78 valence electrons. The first-order valence-corrected chi connectivity index (χ1v) is 6.74. The van der Waals surface area contributed by atoms with Gasteiger partial charge in [0.2, 0.25) is 0 Å². The lowest BCUT2D eigenvalue weighted by Gasteiger charge is -1.96. The normalized spacial score (nSPS) is 15.7. The lowest BCUT2D eigenvalue weighted by atomic mass is 10.4. The highest BCUT2D eigenvalue weighted by Gasteiger charge is 2.20. The first kappa shape index (κ1) is 9.45. The summed E-state index contributed by atoms with van der Waals surface area (Å²) >= 11 is 3.36. The molecule has 0 atom stereocenters. The minimum absolute atomic E-state index is 0.751. The summed E-state index contributed by atoms with van der Waals surface area (Å²) in [5.41, 5.74) is 2.91. The van der Waals surface area contributed by atoms with E-state index in [-0.39, 0.29) is 0 Å². The zero-order valence-corrected chi connectivity index (χ0v) is 9.77. The van der Waals surface area contributed by atoms with Gasteiger partial charge < -0.3 is 5.32 Å². The fourth-order valence-electron chi connectivity index (χ4n) is 1.37. The first-order valence-electron chi connectivity index (χ1n) is 4.98. The number of aromatic nitrogens is 2. The largest absolute Gasteiger partial charge is 0.308 e. The van der Waals surface area contributed by atoms with Crippen LogP contribution in [0.1, 0.15) is 17.8 Å². The number of rotatable bonds is 4. The average molecular weight is 237 g/mol. The molecule has 2 aromatic heterocycles. The van der Waals surface area contributed by atoms with Crippen molar-refractivity contribution in [2.45, 2.75) is 25.4 Å². The second-order valence-corrected chi connectivity index (χ2v) is 5.48. The van der Waals surface area contributed by atoms with E-state index >= 15 is 0 Å². The maximum absolute atomic E-state index is 4.58. The molecule has 15 heavy (non-hydrogen) atoms. The van der Waals surface area contributed by atoms with Gasteiger partial charge in [0.15, 0.2) is 0 Å². The molecule has 0 aromatic carbocycles. The molecule has 0 unspecified atom stereocenters. The molecule has 0 radical (unpaired) electrons. The van der Waals surface area contributed by atoms with Crippen molar-refractivity contribution in [3.8, 4) is 10.6 Å². The summed E-state index contributed by atoms with van der Waals surface area (Å²) < 4.78 is 0. The summed E-state index contributed by atoms with van der Waals surface area (Å²) in [5, 5.41) is 6.75. The van der Waals surface area contributed by atoms with Crippen molar-refractivity contribution in [1.82, 2.24) is 15.3 Å². The van der Waals surface area contributed by atoms with Gasteiger partial charge in [-0.3, -0.25) is 4.98 Å². The van der Waals surface area contributed by atoms with Crippen LogP contribution in [0.15, 0.2) is 17.1 Å². The number of thiazole rings is 2. The third-order valence-corrected chi connectivity index (χ3v) is 4.00. The molecule has 1 fully saturated rings. The maximum Gasteiger partial charge on any atom is 0.107 e. The van der Waals surface area contributed by atoms with Crippen LogP contribution in [0.5, 0.6) is 0 Å². The number of hydrogen-bond acceptors (Lipinski definition) is 5. The molecule has 1 N–H and O–H groups in total. The van der Waals surface area contributed by atoms with Crippen molar-refractivity contribution in [3.05, 3.63) is 22.1 Å². The Balaban J connectivity index is 1.69. The zero-order chi connectivity index (χ0) is 10.1. The van der Waals surface area contributed by atoms with Crippen LogP contribution in [-0.2, 0) is 6.54 Å². The van der Waals surface area contributed by atoms with Gasteiger partial charge in [-0.05, 0) is 12.8 Å². The Labute approximate surface area is 96.2 Å². The predicted octanol–water partition coefficient (Wildman–Crippen LogP) is 2.52. The third kappa shape index (κ3) is 2.25. The van der Waals surface area contributed by atoms with E-state index < -0.39 is 0 Å². The van der Waals surface area contributed by atoms with Gasteiger partial charge >= 0.3 is 0 Å². The fraction of sp³-hybridized carbons (Fsp3) is 0.400. The minimum atomic E-state index is 0.751. The molecule has 3 nitrogen and oxygen atoms in total. The minimum Gasteiger partial charge on any atom is -0.308 e. The van der Waals surface area contributed by atoms with Crippen LogP contribution < -0.4 is 5.32 Å². The molecule has 0 spiro atoms. The smallest absolute Gasteiger partial charge is 0.107 e. The molecule has 2 aromatic rings. The van der Waals surface area contributed by atoms with Crippen molar-refractivity contribution in [3.63, 3.8) is 0 Å². The lowest BCUT2D eigenvalue weighted by molar-refractivity contribution is 0.685. The summed E-state index contributed by atoms with van der Waals surface area (Å²) in [6.07, 6.45) is 4.53. The molecule has 1 saturated carbocycles. The summed E-state index contributed by atoms with van der Waals surface area (Å²) in [6.45, 7) is 0.911. The molecule has 5 heteroatoms. The fourth-order valence-corrected chi connectivity index (χ4v) is 2.77. The number of nitrogens with one attached hydrogen (secondary N) is 1.